The number of carbonyl (C=O) groups excluding carboxylic acids is 1. The zero-order valence-electron chi connectivity index (χ0n) is 12.8. The Balaban J connectivity index is 1.54. The van der Waals surface area contributed by atoms with E-state index >= 15 is 0 Å². The summed E-state index contributed by atoms with van der Waals surface area (Å²) in [6, 6.07) is 5.87. The van der Waals surface area contributed by atoms with E-state index in [9.17, 15) is 9.18 Å². The number of pyridine rings is 1. The highest BCUT2D eigenvalue weighted by molar-refractivity contribution is 5.74. The van der Waals surface area contributed by atoms with E-state index < -0.39 is 0 Å². The normalized spacial score (nSPS) is 16.2. The Labute approximate surface area is 133 Å². The summed E-state index contributed by atoms with van der Waals surface area (Å²) in [7, 11) is 0. The van der Waals surface area contributed by atoms with E-state index in [0.717, 1.165) is 16.7 Å². The molecule has 1 aromatic heterocycles. The van der Waals surface area contributed by atoms with Gasteiger partial charge in [0, 0.05) is 18.9 Å². The number of benzene rings is 1. The van der Waals surface area contributed by atoms with E-state index in [4.69, 9.17) is 4.74 Å². The number of aromatic nitrogens is 1. The van der Waals surface area contributed by atoms with Crippen molar-refractivity contribution in [2.45, 2.75) is 25.9 Å². The second-order valence-electron chi connectivity index (χ2n) is 5.59. The molecule has 1 aliphatic rings. The minimum atomic E-state index is -0.301. The monoisotopic (exact) mass is 315 g/mol. The molecule has 1 aromatic carbocycles. The average Bonchev–Trinajstić information content (AvgIpc) is 2.54. The van der Waals surface area contributed by atoms with Crippen LogP contribution >= 0.6 is 0 Å². The van der Waals surface area contributed by atoms with Crippen molar-refractivity contribution in [3.63, 3.8) is 0 Å². The first kappa shape index (κ1) is 15.3. The van der Waals surface area contributed by atoms with Crippen LogP contribution in [-0.2, 0) is 13.0 Å². The van der Waals surface area contributed by atoms with Crippen LogP contribution in [0.3, 0.4) is 0 Å². The van der Waals surface area contributed by atoms with Crippen molar-refractivity contribution in [3.8, 4) is 5.75 Å². The molecule has 0 fully saturated rings. The van der Waals surface area contributed by atoms with Gasteiger partial charge in [0.05, 0.1) is 6.04 Å². The molecule has 23 heavy (non-hydrogen) atoms. The number of amides is 2. The van der Waals surface area contributed by atoms with E-state index in [-0.39, 0.29) is 17.9 Å². The molecule has 6 heteroatoms. The van der Waals surface area contributed by atoms with Crippen LogP contribution in [-0.4, -0.2) is 23.7 Å². The molecule has 0 spiro atoms. The van der Waals surface area contributed by atoms with Crippen molar-refractivity contribution < 1.29 is 13.9 Å². The molecular weight excluding hydrogens is 297 g/mol. The Morgan fingerprint density at radius 1 is 1.43 bits per heavy atom. The number of nitrogens with one attached hydrogen (secondary N) is 2. The molecule has 2 N–H and O–H groups in total. The number of aryl methyl sites for hydroxylation is 1. The fraction of sp³-hybridized carbons (Fsp3) is 0.294. The van der Waals surface area contributed by atoms with E-state index in [1.165, 1.54) is 12.1 Å². The fourth-order valence-electron chi connectivity index (χ4n) is 2.55. The van der Waals surface area contributed by atoms with E-state index in [1.807, 2.05) is 13.0 Å². The Kier molecular flexibility index (Phi) is 4.41. The number of ether oxygens (including phenoxy) is 1. The summed E-state index contributed by atoms with van der Waals surface area (Å²) < 4.78 is 18.8. The van der Waals surface area contributed by atoms with Gasteiger partial charge in [-0.2, -0.15) is 0 Å². The zero-order valence-corrected chi connectivity index (χ0v) is 12.8. The van der Waals surface area contributed by atoms with Gasteiger partial charge >= 0.3 is 6.03 Å². The number of fused-ring (bicyclic) bond motifs is 1. The predicted octanol–water partition coefficient (Wildman–Crippen LogP) is 2.33. The maximum Gasteiger partial charge on any atom is 0.315 e. The molecule has 0 saturated carbocycles. The molecule has 2 amide bonds. The maximum atomic E-state index is 13.3. The van der Waals surface area contributed by atoms with Crippen LogP contribution in [0, 0.1) is 12.7 Å². The molecule has 1 unspecified atom stereocenters. The largest absolute Gasteiger partial charge is 0.491 e. The van der Waals surface area contributed by atoms with Gasteiger partial charge in [-0.05, 0) is 54.3 Å². The highest BCUT2D eigenvalue weighted by atomic mass is 19.1. The molecule has 5 nitrogen and oxygen atoms in total. The van der Waals surface area contributed by atoms with Gasteiger partial charge in [0.25, 0.3) is 0 Å². The van der Waals surface area contributed by atoms with Gasteiger partial charge in [-0.3, -0.25) is 4.98 Å². The number of hydrogen-bond acceptors (Lipinski definition) is 3. The zero-order chi connectivity index (χ0) is 16.2. The van der Waals surface area contributed by atoms with Crippen molar-refractivity contribution >= 4 is 6.03 Å². The number of urea groups is 1. The predicted molar refractivity (Wildman–Crippen MR) is 83.7 cm³/mol. The van der Waals surface area contributed by atoms with Gasteiger partial charge < -0.3 is 15.4 Å². The first-order chi connectivity index (χ1) is 11.1. The van der Waals surface area contributed by atoms with E-state index in [1.54, 1.807) is 18.5 Å². The summed E-state index contributed by atoms with van der Waals surface area (Å²) in [5.74, 6) is 0.375. The standard InChI is InChI=1S/C17H18FN3O2/c1-11-4-5-19-8-13(11)9-20-17(22)21-15-7-12-6-14(18)2-3-16(12)23-10-15/h2-6,8,15H,7,9-10H2,1H3,(H2,20,21,22). The number of carbonyl (C=O) groups is 1. The summed E-state index contributed by atoms with van der Waals surface area (Å²) >= 11 is 0. The molecule has 0 saturated heterocycles. The van der Waals surface area contributed by atoms with E-state index in [2.05, 4.69) is 15.6 Å². The molecule has 0 radical (unpaired) electrons. The highest BCUT2D eigenvalue weighted by Gasteiger charge is 2.21. The van der Waals surface area contributed by atoms with Crippen LogP contribution < -0.4 is 15.4 Å². The molecule has 1 atom stereocenters. The molecule has 2 heterocycles. The summed E-state index contributed by atoms with van der Waals surface area (Å²) in [5, 5.41) is 5.65. The fourth-order valence-corrected chi connectivity index (χ4v) is 2.55. The van der Waals surface area contributed by atoms with Crippen molar-refractivity contribution in [2.24, 2.45) is 0 Å². The summed E-state index contributed by atoms with van der Waals surface area (Å²) in [5.41, 5.74) is 2.81. The van der Waals surface area contributed by atoms with Gasteiger partial charge in [-0.1, -0.05) is 0 Å². The number of hydrogen-bond donors (Lipinski definition) is 2. The number of halogens is 1. The lowest BCUT2D eigenvalue weighted by molar-refractivity contribution is 0.214. The molecule has 1 aliphatic heterocycles. The third-order valence-electron chi connectivity index (χ3n) is 3.85. The van der Waals surface area contributed by atoms with Gasteiger partial charge in [-0.25, -0.2) is 9.18 Å². The molecule has 0 aliphatic carbocycles. The third-order valence-corrected chi connectivity index (χ3v) is 3.85. The maximum absolute atomic E-state index is 13.3. The van der Waals surface area contributed by atoms with Crippen LogP contribution in [0.5, 0.6) is 5.75 Å². The summed E-state index contributed by atoms with van der Waals surface area (Å²) in [4.78, 5) is 16.0. The minimum absolute atomic E-state index is 0.181. The van der Waals surface area contributed by atoms with Crippen LogP contribution in [0.2, 0.25) is 0 Å². The van der Waals surface area contributed by atoms with Crippen molar-refractivity contribution in [3.05, 3.63) is 59.2 Å². The SMILES string of the molecule is Cc1ccncc1CNC(=O)NC1COc2ccc(F)cc2C1. The van der Waals surface area contributed by atoms with Crippen molar-refractivity contribution in [1.29, 1.82) is 0 Å². The quantitative estimate of drug-likeness (QED) is 0.914. The lowest BCUT2D eigenvalue weighted by Gasteiger charge is -2.26. The average molecular weight is 315 g/mol. The Morgan fingerprint density at radius 3 is 3.13 bits per heavy atom. The van der Waals surface area contributed by atoms with Gasteiger partial charge in [0.1, 0.15) is 18.2 Å². The number of nitrogens with zero attached hydrogens (tertiary/aromatic N) is 1. The van der Waals surface area contributed by atoms with Crippen LogP contribution in [0.1, 0.15) is 16.7 Å². The second-order valence-corrected chi connectivity index (χ2v) is 5.59. The first-order valence-corrected chi connectivity index (χ1v) is 7.47. The summed E-state index contributed by atoms with van der Waals surface area (Å²) in [6.07, 6.45) is 4.00. The van der Waals surface area contributed by atoms with Crippen LogP contribution in [0.25, 0.3) is 0 Å². The van der Waals surface area contributed by atoms with Crippen molar-refractivity contribution in [2.75, 3.05) is 6.61 Å². The molecule has 120 valence electrons. The van der Waals surface area contributed by atoms with Crippen molar-refractivity contribution in [1.82, 2.24) is 15.6 Å². The Hall–Kier alpha value is -2.63. The smallest absolute Gasteiger partial charge is 0.315 e. The number of rotatable bonds is 3. The molecular formula is C17H18FN3O2. The lowest BCUT2D eigenvalue weighted by Crippen LogP contribution is -2.47. The highest BCUT2D eigenvalue weighted by Crippen LogP contribution is 2.25. The first-order valence-electron chi connectivity index (χ1n) is 7.47. The second kappa shape index (κ2) is 6.64. The van der Waals surface area contributed by atoms with E-state index in [0.29, 0.717) is 25.3 Å². The summed E-state index contributed by atoms with van der Waals surface area (Å²) in [6.45, 7) is 2.75. The van der Waals surface area contributed by atoms with Crippen LogP contribution in [0.4, 0.5) is 9.18 Å². The van der Waals surface area contributed by atoms with Gasteiger partial charge in [0.15, 0.2) is 0 Å². The molecule has 2 aromatic rings. The lowest BCUT2D eigenvalue weighted by atomic mass is 10.0. The van der Waals surface area contributed by atoms with Gasteiger partial charge in [0.2, 0.25) is 0 Å². The Morgan fingerprint density at radius 2 is 2.30 bits per heavy atom. The topological polar surface area (TPSA) is 63.2 Å². The third kappa shape index (κ3) is 3.77. The van der Waals surface area contributed by atoms with Crippen LogP contribution in [0.15, 0.2) is 36.7 Å². The minimum Gasteiger partial charge on any atom is -0.491 e. The molecule has 3 rings (SSSR count). The Bertz CT molecular complexity index is 721. The molecule has 0 bridgehead atoms. The van der Waals surface area contributed by atoms with Gasteiger partial charge in [-0.15, -0.1) is 0 Å².